The fourth-order valence-corrected chi connectivity index (χ4v) is 2.07. The molecule has 0 saturated heterocycles. The second kappa shape index (κ2) is 4.18. The van der Waals surface area contributed by atoms with E-state index < -0.39 is 0 Å². The van der Waals surface area contributed by atoms with E-state index in [0.29, 0.717) is 22.7 Å². The zero-order chi connectivity index (χ0) is 11.7. The highest BCUT2D eigenvalue weighted by atomic mass is 35.5. The van der Waals surface area contributed by atoms with Crippen LogP contribution in [-0.4, -0.2) is 6.41 Å². The number of halogens is 1. The maximum absolute atomic E-state index is 10.4. The maximum Gasteiger partial charge on any atom is 0.211 e. The minimum atomic E-state index is 0.518. The monoisotopic (exact) mass is 237 g/mol. The maximum atomic E-state index is 10.4. The highest BCUT2D eigenvalue weighted by molar-refractivity contribution is 6.35. The highest BCUT2D eigenvalue weighted by Gasteiger charge is 2.12. The van der Waals surface area contributed by atoms with E-state index >= 15 is 0 Å². The van der Waals surface area contributed by atoms with Gasteiger partial charge in [0.15, 0.2) is 5.58 Å². The van der Waals surface area contributed by atoms with Gasteiger partial charge in [-0.2, -0.15) is 0 Å². The third kappa shape index (κ3) is 1.67. The van der Waals surface area contributed by atoms with Crippen LogP contribution in [0.15, 0.2) is 16.5 Å². The van der Waals surface area contributed by atoms with Gasteiger partial charge in [-0.25, -0.2) is 0 Å². The summed E-state index contributed by atoms with van der Waals surface area (Å²) in [5.74, 6) is 0.931. The number of fused-ring (bicyclic) bond motifs is 1. The first kappa shape index (κ1) is 11.0. The molecule has 1 aromatic carbocycles. The van der Waals surface area contributed by atoms with Crippen molar-refractivity contribution in [3.63, 3.8) is 0 Å². The molecule has 0 aliphatic carbocycles. The average molecular weight is 238 g/mol. The summed E-state index contributed by atoms with van der Waals surface area (Å²) in [7, 11) is 0. The Kier molecular flexibility index (Phi) is 2.88. The normalized spacial score (nSPS) is 10.7. The van der Waals surface area contributed by atoms with E-state index in [9.17, 15) is 4.79 Å². The molecule has 4 heteroatoms. The molecule has 84 valence electrons. The number of carbonyl (C=O) groups is 1. The predicted molar refractivity (Wildman–Crippen MR) is 65.0 cm³/mol. The zero-order valence-corrected chi connectivity index (χ0v) is 9.89. The molecule has 0 radical (unpaired) electrons. The van der Waals surface area contributed by atoms with E-state index in [4.69, 9.17) is 16.0 Å². The van der Waals surface area contributed by atoms with Gasteiger partial charge in [-0.05, 0) is 24.6 Å². The van der Waals surface area contributed by atoms with E-state index in [1.54, 1.807) is 6.07 Å². The van der Waals surface area contributed by atoms with Gasteiger partial charge in [0.25, 0.3) is 0 Å². The van der Waals surface area contributed by atoms with Crippen molar-refractivity contribution in [2.24, 2.45) is 0 Å². The number of benzene rings is 1. The molecule has 1 amide bonds. The number of hydrogen-bond donors (Lipinski definition) is 1. The summed E-state index contributed by atoms with van der Waals surface area (Å²) in [6.45, 7) is 4.02. The Balaban J connectivity index is 2.69. The van der Waals surface area contributed by atoms with Crippen molar-refractivity contribution in [1.82, 2.24) is 0 Å². The lowest BCUT2D eigenvalue weighted by atomic mass is 10.1. The largest absolute Gasteiger partial charge is 0.459 e. The van der Waals surface area contributed by atoms with Crippen LogP contribution < -0.4 is 5.32 Å². The minimum Gasteiger partial charge on any atom is -0.459 e. The Morgan fingerprint density at radius 2 is 2.25 bits per heavy atom. The SMILES string of the molecule is CCc1oc2c(Cl)cc(NC=O)cc2c1C. The molecule has 0 unspecified atom stereocenters. The van der Waals surface area contributed by atoms with Gasteiger partial charge in [-0.15, -0.1) is 0 Å². The molecule has 2 rings (SSSR count). The van der Waals surface area contributed by atoms with Crippen molar-refractivity contribution in [2.45, 2.75) is 20.3 Å². The summed E-state index contributed by atoms with van der Waals surface area (Å²) >= 11 is 6.09. The molecule has 0 spiro atoms. The number of anilines is 1. The van der Waals surface area contributed by atoms with Crippen molar-refractivity contribution in [3.05, 3.63) is 28.5 Å². The first-order valence-electron chi connectivity index (χ1n) is 5.09. The zero-order valence-electron chi connectivity index (χ0n) is 9.13. The molecule has 0 aliphatic rings. The van der Waals surface area contributed by atoms with Crippen molar-refractivity contribution in [2.75, 3.05) is 5.32 Å². The first-order chi connectivity index (χ1) is 7.67. The number of aryl methyl sites for hydroxylation is 2. The number of carbonyl (C=O) groups excluding carboxylic acids is 1. The van der Waals surface area contributed by atoms with E-state index in [0.717, 1.165) is 23.1 Å². The van der Waals surface area contributed by atoms with Gasteiger partial charge in [0.2, 0.25) is 6.41 Å². The third-order valence-corrected chi connectivity index (χ3v) is 2.92. The topological polar surface area (TPSA) is 42.2 Å². The smallest absolute Gasteiger partial charge is 0.211 e. The quantitative estimate of drug-likeness (QED) is 0.830. The number of rotatable bonds is 3. The second-order valence-electron chi connectivity index (χ2n) is 3.60. The molecule has 1 N–H and O–H groups in total. The Bertz CT molecular complexity index is 545. The predicted octanol–water partition coefficient (Wildman–Crippen LogP) is 3.53. The molecule has 2 aromatic rings. The Morgan fingerprint density at radius 1 is 1.50 bits per heavy atom. The average Bonchev–Trinajstić information content (AvgIpc) is 2.57. The summed E-state index contributed by atoms with van der Waals surface area (Å²) in [6, 6.07) is 3.55. The number of nitrogens with one attached hydrogen (secondary N) is 1. The summed E-state index contributed by atoms with van der Waals surface area (Å²) in [6.07, 6.45) is 1.46. The summed E-state index contributed by atoms with van der Waals surface area (Å²) in [5, 5.41) is 4.06. The standard InChI is InChI=1S/C12H12ClNO2/c1-3-11-7(2)9-4-8(14-6-15)5-10(13)12(9)16-11/h4-6H,3H2,1-2H3,(H,14,15). The molecular weight excluding hydrogens is 226 g/mol. The molecule has 0 saturated carbocycles. The lowest BCUT2D eigenvalue weighted by Gasteiger charge is -2.00. The Labute approximate surface area is 98.4 Å². The Morgan fingerprint density at radius 3 is 2.88 bits per heavy atom. The molecule has 0 bridgehead atoms. The molecular formula is C12H12ClNO2. The van der Waals surface area contributed by atoms with Crippen molar-refractivity contribution >= 4 is 34.7 Å². The van der Waals surface area contributed by atoms with Gasteiger partial charge in [-0.1, -0.05) is 18.5 Å². The fourth-order valence-electron chi connectivity index (χ4n) is 1.81. The van der Waals surface area contributed by atoms with Gasteiger partial charge in [0.05, 0.1) is 5.02 Å². The highest BCUT2D eigenvalue weighted by Crippen LogP contribution is 2.33. The van der Waals surface area contributed by atoms with Crippen LogP contribution >= 0.6 is 11.6 Å². The van der Waals surface area contributed by atoms with Crippen LogP contribution in [0.1, 0.15) is 18.2 Å². The summed E-state index contributed by atoms with van der Waals surface area (Å²) < 4.78 is 5.66. The summed E-state index contributed by atoms with van der Waals surface area (Å²) in [5.41, 5.74) is 2.44. The van der Waals surface area contributed by atoms with Crippen LogP contribution in [0.3, 0.4) is 0 Å². The van der Waals surface area contributed by atoms with Gasteiger partial charge >= 0.3 is 0 Å². The van der Waals surface area contributed by atoms with Crippen molar-refractivity contribution < 1.29 is 9.21 Å². The van der Waals surface area contributed by atoms with Crippen LogP contribution in [0, 0.1) is 6.92 Å². The molecule has 16 heavy (non-hydrogen) atoms. The number of furan rings is 1. The number of hydrogen-bond acceptors (Lipinski definition) is 2. The van der Waals surface area contributed by atoms with Crippen LogP contribution in [0.4, 0.5) is 5.69 Å². The van der Waals surface area contributed by atoms with Gasteiger partial charge < -0.3 is 9.73 Å². The van der Waals surface area contributed by atoms with E-state index in [2.05, 4.69) is 5.32 Å². The van der Waals surface area contributed by atoms with E-state index in [1.807, 2.05) is 19.9 Å². The van der Waals surface area contributed by atoms with Crippen LogP contribution in [0.5, 0.6) is 0 Å². The molecule has 0 fully saturated rings. The molecule has 0 atom stereocenters. The second-order valence-corrected chi connectivity index (χ2v) is 4.01. The lowest BCUT2D eigenvalue weighted by molar-refractivity contribution is -0.105. The Hall–Kier alpha value is -1.48. The summed E-state index contributed by atoms with van der Waals surface area (Å²) in [4.78, 5) is 10.4. The van der Waals surface area contributed by atoms with Crippen LogP contribution in [0.2, 0.25) is 5.02 Å². The molecule has 1 heterocycles. The fraction of sp³-hybridized carbons (Fsp3) is 0.250. The van der Waals surface area contributed by atoms with Crippen LogP contribution in [-0.2, 0) is 11.2 Å². The van der Waals surface area contributed by atoms with E-state index in [-0.39, 0.29) is 0 Å². The lowest BCUT2D eigenvalue weighted by Crippen LogP contribution is -1.93. The molecule has 1 aromatic heterocycles. The minimum absolute atomic E-state index is 0.518. The molecule has 3 nitrogen and oxygen atoms in total. The number of amides is 1. The van der Waals surface area contributed by atoms with Gasteiger partial charge in [0, 0.05) is 17.5 Å². The van der Waals surface area contributed by atoms with Crippen molar-refractivity contribution in [1.29, 1.82) is 0 Å². The van der Waals surface area contributed by atoms with Crippen molar-refractivity contribution in [3.8, 4) is 0 Å². The van der Waals surface area contributed by atoms with E-state index in [1.165, 1.54) is 0 Å². The van der Waals surface area contributed by atoms with Crippen LogP contribution in [0.25, 0.3) is 11.0 Å². The third-order valence-electron chi connectivity index (χ3n) is 2.64. The molecule has 0 aliphatic heterocycles. The van der Waals surface area contributed by atoms with Gasteiger partial charge in [0.1, 0.15) is 5.76 Å². The first-order valence-corrected chi connectivity index (χ1v) is 5.46. The van der Waals surface area contributed by atoms with Gasteiger partial charge in [-0.3, -0.25) is 4.79 Å².